The molecule has 1 aromatic carbocycles. The Labute approximate surface area is 223 Å². The van der Waals surface area contributed by atoms with Gasteiger partial charge in [-0.05, 0) is 57.3 Å². The highest BCUT2D eigenvalue weighted by Crippen LogP contribution is 2.44. The van der Waals surface area contributed by atoms with Gasteiger partial charge in [0.2, 0.25) is 5.91 Å². The van der Waals surface area contributed by atoms with Crippen LogP contribution in [0.15, 0.2) is 42.7 Å². The molecular formula is C27H28FN7O2S. The Hall–Kier alpha value is -3.96. The van der Waals surface area contributed by atoms with Gasteiger partial charge in [0.25, 0.3) is 5.91 Å². The summed E-state index contributed by atoms with van der Waals surface area (Å²) in [6.45, 7) is 1.87. The molecule has 0 radical (unpaired) electrons. The SMILES string of the molecule is CC(=O)Nc1nc2c(s1)-c1c(c(-c3cccnc3)nn1-c1ccc(C(=O)NCCN(C)C)cc1CF)CC2. The third-order valence-corrected chi connectivity index (χ3v) is 7.30. The molecule has 0 unspecified atom stereocenters. The van der Waals surface area contributed by atoms with Crippen LogP contribution in [0.1, 0.15) is 34.1 Å². The number of aryl methyl sites for hydroxylation is 1. The second-order valence-electron chi connectivity index (χ2n) is 9.34. The van der Waals surface area contributed by atoms with E-state index < -0.39 is 6.67 Å². The molecule has 0 spiro atoms. The number of nitrogens with zero attached hydrogens (tertiary/aromatic N) is 5. The number of pyridine rings is 1. The standard InChI is InChI=1S/C27H28FN7O2S/c1-16(36)31-27-32-21-8-7-20-23(18-5-4-10-29-15-18)33-35(24(20)25(21)38-27)22-9-6-17(13-19(22)14-28)26(37)30-11-12-34(2)3/h4-6,9-10,13,15H,7-8,11-12,14H2,1-3H3,(H,30,37)(H,31,32,36). The van der Waals surface area contributed by atoms with Gasteiger partial charge in [0.05, 0.1) is 27.6 Å². The summed E-state index contributed by atoms with van der Waals surface area (Å²) in [6, 6.07) is 8.81. The van der Waals surface area contributed by atoms with E-state index in [1.54, 1.807) is 35.3 Å². The first-order chi connectivity index (χ1) is 18.4. The predicted molar refractivity (Wildman–Crippen MR) is 145 cm³/mol. The molecule has 1 aliphatic carbocycles. The lowest BCUT2D eigenvalue weighted by molar-refractivity contribution is -0.114. The molecule has 0 saturated carbocycles. The summed E-state index contributed by atoms with van der Waals surface area (Å²) in [4.78, 5) is 36.1. The zero-order chi connectivity index (χ0) is 26.8. The number of likely N-dealkylation sites (N-methyl/N-ethyl adjacent to an activating group) is 1. The van der Waals surface area contributed by atoms with Crippen LogP contribution < -0.4 is 10.6 Å². The Morgan fingerprint density at radius 1 is 1.21 bits per heavy atom. The summed E-state index contributed by atoms with van der Waals surface area (Å²) in [6.07, 6.45) is 4.85. The Kier molecular flexibility index (Phi) is 7.30. The Morgan fingerprint density at radius 2 is 2.05 bits per heavy atom. The molecule has 38 heavy (non-hydrogen) atoms. The fraction of sp³-hybridized carbons (Fsp3) is 0.296. The minimum absolute atomic E-state index is 0.194. The van der Waals surface area contributed by atoms with Gasteiger partial charge in [-0.25, -0.2) is 14.1 Å². The molecule has 0 fully saturated rings. The minimum Gasteiger partial charge on any atom is -0.351 e. The van der Waals surface area contributed by atoms with Gasteiger partial charge in [-0.2, -0.15) is 5.10 Å². The molecule has 0 aliphatic heterocycles. The Balaban J connectivity index is 1.61. The van der Waals surface area contributed by atoms with E-state index >= 15 is 0 Å². The number of amides is 2. The predicted octanol–water partition coefficient (Wildman–Crippen LogP) is 3.88. The van der Waals surface area contributed by atoms with Crippen molar-refractivity contribution < 1.29 is 14.0 Å². The highest BCUT2D eigenvalue weighted by Gasteiger charge is 2.30. The van der Waals surface area contributed by atoms with Gasteiger partial charge in [-0.3, -0.25) is 14.6 Å². The smallest absolute Gasteiger partial charge is 0.251 e. The summed E-state index contributed by atoms with van der Waals surface area (Å²) < 4.78 is 16.2. The van der Waals surface area contributed by atoms with Crippen molar-refractivity contribution in [3.63, 3.8) is 0 Å². The van der Waals surface area contributed by atoms with Crippen molar-refractivity contribution in [2.45, 2.75) is 26.4 Å². The van der Waals surface area contributed by atoms with Crippen LogP contribution in [0.3, 0.4) is 0 Å². The van der Waals surface area contributed by atoms with E-state index in [0.29, 0.717) is 47.9 Å². The first kappa shape index (κ1) is 25.7. The van der Waals surface area contributed by atoms with Crippen molar-refractivity contribution in [1.29, 1.82) is 0 Å². The Bertz CT molecular complexity index is 1500. The number of nitrogens with one attached hydrogen (secondary N) is 2. The molecule has 1 aliphatic rings. The molecule has 9 nitrogen and oxygen atoms in total. The van der Waals surface area contributed by atoms with Crippen LogP contribution in [0.2, 0.25) is 0 Å². The number of fused-ring (bicyclic) bond motifs is 3. The molecule has 3 heterocycles. The van der Waals surface area contributed by atoms with Crippen molar-refractivity contribution in [3.8, 4) is 27.5 Å². The number of anilines is 1. The average molecular weight is 534 g/mol. The lowest BCUT2D eigenvalue weighted by Gasteiger charge is -2.16. The number of benzene rings is 1. The average Bonchev–Trinajstić information content (AvgIpc) is 3.49. The van der Waals surface area contributed by atoms with Crippen molar-refractivity contribution >= 4 is 28.3 Å². The van der Waals surface area contributed by atoms with Crippen LogP contribution in [0, 0.1) is 0 Å². The van der Waals surface area contributed by atoms with E-state index in [9.17, 15) is 14.0 Å². The van der Waals surface area contributed by atoms with Crippen LogP contribution >= 0.6 is 11.3 Å². The number of carbonyl (C=O) groups excluding carboxylic acids is 2. The van der Waals surface area contributed by atoms with E-state index in [4.69, 9.17) is 5.10 Å². The molecule has 11 heteroatoms. The van der Waals surface area contributed by atoms with Gasteiger partial charge in [0.15, 0.2) is 5.13 Å². The van der Waals surface area contributed by atoms with Gasteiger partial charge in [0.1, 0.15) is 6.67 Å². The van der Waals surface area contributed by atoms with Crippen molar-refractivity contribution in [2.75, 3.05) is 32.5 Å². The second kappa shape index (κ2) is 10.8. The first-order valence-corrected chi connectivity index (χ1v) is 13.1. The van der Waals surface area contributed by atoms with Crippen molar-refractivity contribution in [2.24, 2.45) is 0 Å². The van der Waals surface area contributed by atoms with Crippen LogP contribution in [-0.2, 0) is 24.3 Å². The normalized spacial score (nSPS) is 12.2. The Morgan fingerprint density at radius 3 is 2.76 bits per heavy atom. The zero-order valence-electron chi connectivity index (χ0n) is 21.4. The second-order valence-corrected chi connectivity index (χ2v) is 10.3. The summed E-state index contributed by atoms with van der Waals surface area (Å²) in [5.41, 5.74) is 5.61. The molecule has 2 N–H and O–H groups in total. The molecule has 4 aromatic rings. The largest absolute Gasteiger partial charge is 0.351 e. The fourth-order valence-electron chi connectivity index (χ4n) is 4.52. The number of thiazole rings is 1. The number of rotatable bonds is 8. The van der Waals surface area contributed by atoms with E-state index in [-0.39, 0.29) is 11.8 Å². The van der Waals surface area contributed by atoms with Gasteiger partial charge >= 0.3 is 0 Å². The van der Waals surface area contributed by atoms with Crippen molar-refractivity contribution in [3.05, 3.63) is 65.1 Å². The van der Waals surface area contributed by atoms with E-state index in [1.807, 2.05) is 31.1 Å². The van der Waals surface area contributed by atoms with E-state index in [2.05, 4.69) is 20.6 Å². The molecule has 0 bridgehead atoms. The van der Waals surface area contributed by atoms with Gasteiger partial charge < -0.3 is 15.5 Å². The van der Waals surface area contributed by atoms with Gasteiger partial charge in [-0.15, -0.1) is 0 Å². The molecule has 0 atom stereocenters. The fourth-order valence-corrected chi connectivity index (χ4v) is 5.63. The van der Waals surface area contributed by atoms with Gasteiger partial charge in [0, 0.05) is 54.7 Å². The van der Waals surface area contributed by atoms with E-state index in [0.717, 1.165) is 33.1 Å². The highest BCUT2D eigenvalue weighted by molar-refractivity contribution is 7.19. The summed E-state index contributed by atoms with van der Waals surface area (Å²) in [7, 11) is 3.86. The molecule has 196 valence electrons. The monoisotopic (exact) mass is 533 g/mol. The number of hydrogen-bond acceptors (Lipinski definition) is 7. The minimum atomic E-state index is -0.766. The molecule has 3 aromatic heterocycles. The third-order valence-electron chi connectivity index (χ3n) is 6.28. The maximum Gasteiger partial charge on any atom is 0.251 e. The lowest BCUT2D eigenvalue weighted by atomic mass is 9.95. The third kappa shape index (κ3) is 5.07. The topological polar surface area (TPSA) is 105 Å². The lowest BCUT2D eigenvalue weighted by Crippen LogP contribution is -2.31. The van der Waals surface area contributed by atoms with Crippen LogP contribution in [-0.4, -0.2) is 63.6 Å². The number of hydrogen-bond donors (Lipinski definition) is 2. The number of carbonyl (C=O) groups is 2. The number of alkyl halides is 1. The molecule has 0 saturated heterocycles. The van der Waals surface area contributed by atoms with E-state index in [1.165, 1.54) is 18.3 Å². The summed E-state index contributed by atoms with van der Waals surface area (Å²) in [5.74, 6) is -0.448. The maximum absolute atomic E-state index is 14.4. The number of aromatic nitrogens is 4. The zero-order valence-corrected chi connectivity index (χ0v) is 22.2. The maximum atomic E-state index is 14.4. The van der Waals surface area contributed by atoms with Gasteiger partial charge in [-0.1, -0.05) is 11.3 Å². The summed E-state index contributed by atoms with van der Waals surface area (Å²) >= 11 is 1.38. The van der Waals surface area contributed by atoms with Crippen LogP contribution in [0.4, 0.5) is 9.52 Å². The summed E-state index contributed by atoms with van der Waals surface area (Å²) in [5, 5.41) is 11.1. The molecular weight excluding hydrogens is 505 g/mol. The van der Waals surface area contributed by atoms with Crippen LogP contribution in [0.25, 0.3) is 27.5 Å². The molecule has 5 rings (SSSR count). The van der Waals surface area contributed by atoms with Crippen LogP contribution in [0.5, 0.6) is 0 Å². The first-order valence-electron chi connectivity index (χ1n) is 12.3. The highest BCUT2D eigenvalue weighted by atomic mass is 32.1. The number of halogens is 1. The van der Waals surface area contributed by atoms with Crippen molar-refractivity contribution in [1.82, 2.24) is 30.0 Å². The quantitative estimate of drug-likeness (QED) is 0.356. The molecule has 2 amide bonds.